The second-order valence-electron chi connectivity index (χ2n) is 5.14. The first kappa shape index (κ1) is 14.3. The summed E-state index contributed by atoms with van der Waals surface area (Å²) in [6.07, 6.45) is 0. The topological polar surface area (TPSA) is 42.2 Å². The lowest BCUT2D eigenvalue weighted by atomic mass is 10.1. The van der Waals surface area contributed by atoms with Crippen LogP contribution in [0.1, 0.15) is 45.8 Å². The maximum absolute atomic E-state index is 13.7. The first-order valence-electron chi connectivity index (χ1n) is 6.50. The fourth-order valence-electron chi connectivity index (χ4n) is 2.61. The molecule has 1 aromatic heterocycles. The molecule has 1 atom stereocenters. The lowest BCUT2D eigenvalue weighted by molar-refractivity contribution is 0.0696. The van der Waals surface area contributed by atoms with Gasteiger partial charge < -0.3 is 9.67 Å². The summed E-state index contributed by atoms with van der Waals surface area (Å²) < 4.78 is 15.6. The molecule has 20 heavy (non-hydrogen) atoms. The molecule has 2 aromatic rings. The van der Waals surface area contributed by atoms with Gasteiger partial charge in [-0.2, -0.15) is 0 Å². The molecule has 1 heterocycles. The predicted octanol–water partition coefficient (Wildman–Crippen LogP) is 3.86. The van der Waals surface area contributed by atoms with Crippen molar-refractivity contribution in [2.45, 2.75) is 33.7 Å². The maximum Gasteiger partial charge on any atom is 0.337 e. The van der Waals surface area contributed by atoms with Crippen molar-refractivity contribution >= 4 is 5.97 Å². The molecule has 0 fully saturated rings. The van der Waals surface area contributed by atoms with Gasteiger partial charge in [0.05, 0.1) is 11.6 Å². The average molecular weight is 275 g/mol. The third kappa shape index (κ3) is 2.33. The summed E-state index contributed by atoms with van der Waals surface area (Å²) in [6.45, 7) is 7.30. The van der Waals surface area contributed by atoms with Crippen LogP contribution < -0.4 is 0 Å². The Morgan fingerprint density at radius 2 is 1.90 bits per heavy atom. The zero-order valence-corrected chi connectivity index (χ0v) is 12.1. The molecule has 4 heteroatoms. The number of rotatable bonds is 3. The third-order valence-corrected chi connectivity index (χ3v) is 3.78. The molecule has 0 aliphatic rings. The lowest BCUT2D eigenvalue weighted by Gasteiger charge is -2.19. The van der Waals surface area contributed by atoms with E-state index in [1.807, 2.05) is 24.5 Å². The standard InChI is InChI=1S/C16H18FNO2/c1-9-5-6-13(8-15(9)17)11(3)18-10(2)7-14(12(18)4)16(19)20/h5-8,11H,1-4H3,(H,19,20). The van der Waals surface area contributed by atoms with Gasteiger partial charge in [-0.25, -0.2) is 9.18 Å². The van der Waals surface area contributed by atoms with Gasteiger partial charge in [0, 0.05) is 11.4 Å². The Labute approximate surface area is 117 Å². The van der Waals surface area contributed by atoms with Gasteiger partial charge in [0.1, 0.15) is 5.82 Å². The van der Waals surface area contributed by atoms with E-state index >= 15 is 0 Å². The number of hydrogen-bond donors (Lipinski definition) is 1. The van der Waals surface area contributed by atoms with E-state index in [2.05, 4.69) is 0 Å². The molecular weight excluding hydrogens is 257 g/mol. The van der Waals surface area contributed by atoms with Gasteiger partial charge in [-0.3, -0.25) is 0 Å². The van der Waals surface area contributed by atoms with Crippen molar-refractivity contribution in [3.8, 4) is 0 Å². The fourth-order valence-corrected chi connectivity index (χ4v) is 2.61. The molecule has 2 rings (SSSR count). The summed E-state index contributed by atoms with van der Waals surface area (Å²) in [7, 11) is 0. The van der Waals surface area contributed by atoms with Gasteiger partial charge in [-0.15, -0.1) is 0 Å². The van der Waals surface area contributed by atoms with Crippen LogP contribution in [0.5, 0.6) is 0 Å². The molecule has 1 unspecified atom stereocenters. The largest absolute Gasteiger partial charge is 0.478 e. The molecule has 0 aliphatic heterocycles. The predicted molar refractivity (Wildman–Crippen MR) is 75.8 cm³/mol. The summed E-state index contributed by atoms with van der Waals surface area (Å²) in [6, 6.07) is 6.67. The fraction of sp³-hybridized carbons (Fsp3) is 0.312. The van der Waals surface area contributed by atoms with Crippen LogP contribution in [0.3, 0.4) is 0 Å². The number of aromatic nitrogens is 1. The van der Waals surface area contributed by atoms with Crippen molar-refractivity contribution in [3.05, 3.63) is 58.2 Å². The molecule has 106 valence electrons. The first-order chi connectivity index (χ1) is 9.32. The average Bonchev–Trinajstić information content (AvgIpc) is 2.67. The molecule has 0 spiro atoms. The minimum atomic E-state index is -0.938. The van der Waals surface area contributed by atoms with Gasteiger partial charge >= 0.3 is 5.97 Å². The van der Waals surface area contributed by atoms with E-state index in [9.17, 15) is 9.18 Å². The van der Waals surface area contributed by atoms with E-state index in [1.54, 1.807) is 26.0 Å². The summed E-state index contributed by atoms with van der Waals surface area (Å²) in [5.74, 6) is -1.18. The number of aryl methyl sites for hydroxylation is 2. The van der Waals surface area contributed by atoms with E-state index in [0.29, 0.717) is 16.8 Å². The highest BCUT2D eigenvalue weighted by molar-refractivity contribution is 5.89. The zero-order valence-electron chi connectivity index (χ0n) is 12.1. The van der Waals surface area contributed by atoms with Crippen LogP contribution in [-0.2, 0) is 0 Å². The Morgan fingerprint density at radius 1 is 1.25 bits per heavy atom. The minimum Gasteiger partial charge on any atom is -0.478 e. The Hall–Kier alpha value is -2.10. The van der Waals surface area contributed by atoms with E-state index in [-0.39, 0.29) is 11.9 Å². The monoisotopic (exact) mass is 275 g/mol. The smallest absolute Gasteiger partial charge is 0.337 e. The maximum atomic E-state index is 13.7. The van der Waals surface area contributed by atoms with Crippen molar-refractivity contribution in [1.29, 1.82) is 0 Å². The molecule has 0 saturated carbocycles. The quantitative estimate of drug-likeness (QED) is 0.924. The molecule has 0 amide bonds. The number of carboxylic acid groups (broad SMARTS) is 1. The molecule has 1 N–H and O–H groups in total. The van der Waals surface area contributed by atoms with Crippen LogP contribution in [0.15, 0.2) is 24.3 Å². The van der Waals surface area contributed by atoms with E-state index in [1.165, 1.54) is 6.07 Å². The highest BCUT2D eigenvalue weighted by atomic mass is 19.1. The summed E-state index contributed by atoms with van der Waals surface area (Å²) in [4.78, 5) is 11.2. The van der Waals surface area contributed by atoms with Crippen molar-refractivity contribution in [2.24, 2.45) is 0 Å². The molecule has 3 nitrogen and oxygen atoms in total. The summed E-state index contributed by atoms with van der Waals surface area (Å²) in [5.41, 5.74) is 3.26. The van der Waals surface area contributed by atoms with Crippen LogP contribution in [0.4, 0.5) is 4.39 Å². The molecule has 0 aliphatic carbocycles. The van der Waals surface area contributed by atoms with Gasteiger partial charge in [-0.05, 0) is 51.0 Å². The number of hydrogen-bond acceptors (Lipinski definition) is 1. The highest BCUT2D eigenvalue weighted by Crippen LogP contribution is 2.26. The van der Waals surface area contributed by atoms with Crippen LogP contribution in [0, 0.1) is 26.6 Å². The van der Waals surface area contributed by atoms with E-state index < -0.39 is 5.97 Å². The second kappa shape index (κ2) is 5.12. The van der Waals surface area contributed by atoms with Crippen LogP contribution >= 0.6 is 0 Å². The number of aromatic carboxylic acids is 1. The third-order valence-electron chi connectivity index (χ3n) is 3.78. The normalized spacial score (nSPS) is 12.4. The van der Waals surface area contributed by atoms with Crippen LogP contribution in [0.25, 0.3) is 0 Å². The highest BCUT2D eigenvalue weighted by Gasteiger charge is 2.19. The molecule has 0 saturated heterocycles. The van der Waals surface area contributed by atoms with Crippen molar-refractivity contribution < 1.29 is 14.3 Å². The van der Waals surface area contributed by atoms with Crippen LogP contribution in [-0.4, -0.2) is 15.6 Å². The first-order valence-corrected chi connectivity index (χ1v) is 6.50. The molecule has 0 bridgehead atoms. The van der Waals surface area contributed by atoms with Gasteiger partial charge in [0.2, 0.25) is 0 Å². The Balaban J connectivity index is 2.50. The van der Waals surface area contributed by atoms with Gasteiger partial charge in [0.15, 0.2) is 0 Å². The van der Waals surface area contributed by atoms with Gasteiger partial charge in [0.25, 0.3) is 0 Å². The van der Waals surface area contributed by atoms with Gasteiger partial charge in [-0.1, -0.05) is 12.1 Å². The van der Waals surface area contributed by atoms with Crippen molar-refractivity contribution in [2.75, 3.05) is 0 Å². The number of nitrogens with zero attached hydrogens (tertiary/aromatic N) is 1. The van der Waals surface area contributed by atoms with Crippen molar-refractivity contribution in [1.82, 2.24) is 4.57 Å². The Morgan fingerprint density at radius 3 is 2.40 bits per heavy atom. The number of carbonyl (C=O) groups is 1. The number of carboxylic acids is 1. The SMILES string of the molecule is Cc1ccc(C(C)n2c(C)cc(C(=O)O)c2C)cc1F. The van der Waals surface area contributed by atoms with Crippen molar-refractivity contribution in [3.63, 3.8) is 0 Å². The zero-order chi connectivity index (χ0) is 15.0. The van der Waals surface area contributed by atoms with E-state index in [4.69, 9.17) is 5.11 Å². The Bertz CT molecular complexity index is 673. The number of benzene rings is 1. The lowest BCUT2D eigenvalue weighted by Crippen LogP contribution is -2.11. The molecule has 0 radical (unpaired) electrons. The summed E-state index contributed by atoms with van der Waals surface area (Å²) in [5, 5.41) is 9.16. The minimum absolute atomic E-state index is 0.113. The van der Waals surface area contributed by atoms with E-state index in [0.717, 1.165) is 11.3 Å². The molecule has 1 aromatic carbocycles. The summed E-state index contributed by atoms with van der Waals surface area (Å²) >= 11 is 0. The van der Waals surface area contributed by atoms with Crippen LogP contribution in [0.2, 0.25) is 0 Å². The number of halogens is 1. The second-order valence-corrected chi connectivity index (χ2v) is 5.14. The molecular formula is C16H18FNO2. The Kier molecular flexibility index (Phi) is 3.66.